The Labute approximate surface area is 200 Å². The van der Waals surface area contributed by atoms with Gasteiger partial charge < -0.3 is 20.1 Å². The maximum absolute atomic E-state index is 13.7. The second-order valence-corrected chi connectivity index (χ2v) is 10.2. The zero-order valence-corrected chi connectivity index (χ0v) is 20.7. The fourth-order valence-corrected chi connectivity index (χ4v) is 5.41. The number of ether oxygens (including phenoxy) is 2. The van der Waals surface area contributed by atoms with E-state index in [0.29, 0.717) is 24.4 Å². The molecule has 3 rings (SSSR count). The second kappa shape index (κ2) is 11.0. The van der Waals surface area contributed by atoms with Crippen LogP contribution < -0.4 is 15.4 Å². The molecule has 0 radical (unpaired) electrons. The van der Waals surface area contributed by atoms with Crippen molar-refractivity contribution in [1.82, 2.24) is 4.31 Å². The number of rotatable bonds is 9. The highest BCUT2D eigenvalue weighted by Crippen LogP contribution is 2.31. The van der Waals surface area contributed by atoms with Crippen LogP contribution in [-0.4, -0.2) is 57.4 Å². The zero-order valence-electron chi connectivity index (χ0n) is 19.9. The summed E-state index contributed by atoms with van der Waals surface area (Å²) in [5.41, 5.74) is 2.86. The van der Waals surface area contributed by atoms with E-state index in [1.54, 1.807) is 12.1 Å². The molecule has 10 heteroatoms. The fourth-order valence-electron chi connectivity index (χ4n) is 3.80. The molecule has 2 aromatic rings. The predicted molar refractivity (Wildman–Crippen MR) is 130 cm³/mol. The van der Waals surface area contributed by atoms with E-state index in [1.807, 2.05) is 26.0 Å². The number of carbonyl (C=O) groups excluding carboxylic acids is 2. The van der Waals surface area contributed by atoms with Gasteiger partial charge in [0.15, 0.2) is 0 Å². The number of hydrogen-bond donors (Lipinski definition) is 2. The first kappa shape index (κ1) is 25.7. The summed E-state index contributed by atoms with van der Waals surface area (Å²) in [5, 5.41) is 5.41. The molecular weight excluding hydrogens is 458 g/mol. The molecule has 34 heavy (non-hydrogen) atoms. The number of carbonyl (C=O) groups is 2. The highest BCUT2D eigenvalue weighted by atomic mass is 32.2. The van der Waals surface area contributed by atoms with Crippen molar-refractivity contribution in [2.75, 3.05) is 37.4 Å². The van der Waals surface area contributed by atoms with E-state index in [-0.39, 0.29) is 29.2 Å². The van der Waals surface area contributed by atoms with E-state index in [0.717, 1.165) is 21.9 Å². The van der Waals surface area contributed by atoms with Crippen LogP contribution in [-0.2, 0) is 24.3 Å². The number of methoxy groups -OCH3 is 1. The van der Waals surface area contributed by atoms with Crippen LogP contribution in [0, 0.1) is 13.8 Å². The lowest BCUT2D eigenvalue weighted by Crippen LogP contribution is -2.42. The zero-order chi connectivity index (χ0) is 24.9. The van der Waals surface area contributed by atoms with Gasteiger partial charge in [0.1, 0.15) is 10.6 Å². The van der Waals surface area contributed by atoms with Gasteiger partial charge in [0.2, 0.25) is 21.8 Å². The first-order valence-corrected chi connectivity index (χ1v) is 12.5. The Morgan fingerprint density at radius 3 is 2.59 bits per heavy atom. The molecule has 1 saturated heterocycles. The molecule has 1 unspecified atom stereocenters. The molecule has 1 aliphatic heterocycles. The van der Waals surface area contributed by atoms with Gasteiger partial charge in [0.25, 0.3) is 0 Å². The quantitative estimate of drug-likeness (QED) is 0.560. The minimum absolute atomic E-state index is 0.0239. The third-order valence-electron chi connectivity index (χ3n) is 5.73. The number of amides is 2. The van der Waals surface area contributed by atoms with Crippen molar-refractivity contribution >= 4 is 33.2 Å². The first-order chi connectivity index (χ1) is 16.1. The van der Waals surface area contributed by atoms with Gasteiger partial charge in [-0.25, -0.2) is 8.42 Å². The van der Waals surface area contributed by atoms with Crippen LogP contribution in [0.2, 0.25) is 0 Å². The van der Waals surface area contributed by atoms with Gasteiger partial charge in [-0.1, -0.05) is 12.1 Å². The Balaban J connectivity index is 1.93. The molecule has 2 amide bonds. The first-order valence-electron chi connectivity index (χ1n) is 11.0. The summed E-state index contributed by atoms with van der Waals surface area (Å²) in [5.74, 6) is -0.689. The van der Waals surface area contributed by atoms with Gasteiger partial charge in [-0.2, -0.15) is 4.31 Å². The van der Waals surface area contributed by atoms with E-state index in [2.05, 4.69) is 10.6 Å². The molecule has 1 fully saturated rings. The van der Waals surface area contributed by atoms with E-state index in [4.69, 9.17) is 9.47 Å². The Hall–Kier alpha value is -2.95. The number of benzene rings is 2. The fraction of sp³-hybridized carbons (Fsp3) is 0.417. The summed E-state index contributed by atoms with van der Waals surface area (Å²) in [6.07, 6.45) is 1.22. The smallest absolute Gasteiger partial charge is 0.247 e. The van der Waals surface area contributed by atoms with Crippen molar-refractivity contribution in [3.05, 3.63) is 47.5 Å². The molecule has 0 bridgehead atoms. The summed E-state index contributed by atoms with van der Waals surface area (Å²) in [4.78, 5) is 24.3. The Morgan fingerprint density at radius 2 is 1.94 bits per heavy atom. The normalized spacial score (nSPS) is 15.9. The molecule has 184 valence electrons. The topological polar surface area (TPSA) is 114 Å². The third kappa shape index (κ3) is 6.13. The Morgan fingerprint density at radius 1 is 1.18 bits per heavy atom. The molecular formula is C24H31N3O6S. The summed E-state index contributed by atoms with van der Waals surface area (Å²) in [6, 6.07) is 9.90. The lowest BCUT2D eigenvalue weighted by atomic mass is 10.1. The van der Waals surface area contributed by atoms with Crippen LogP contribution in [0.1, 0.15) is 30.9 Å². The molecule has 0 aromatic heterocycles. The molecule has 9 nitrogen and oxygen atoms in total. The van der Waals surface area contributed by atoms with E-state index in [9.17, 15) is 18.0 Å². The van der Waals surface area contributed by atoms with E-state index < -0.39 is 22.5 Å². The lowest BCUT2D eigenvalue weighted by Gasteiger charge is -2.25. The van der Waals surface area contributed by atoms with Gasteiger partial charge in [-0.05, 0) is 62.1 Å². The van der Waals surface area contributed by atoms with Crippen molar-refractivity contribution in [3.63, 3.8) is 0 Å². The average Bonchev–Trinajstić information content (AvgIpc) is 3.29. The van der Waals surface area contributed by atoms with Crippen LogP contribution in [0.25, 0.3) is 0 Å². The molecule has 0 spiro atoms. The third-order valence-corrected chi connectivity index (χ3v) is 7.56. The summed E-state index contributed by atoms with van der Waals surface area (Å²) in [7, 11) is -2.81. The predicted octanol–water partition coefficient (Wildman–Crippen LogP) is 3.08. The highest BCUT2D eigenvalue weighted by Gasteiger charge is 2.33. The Kier molecular flexibility index (Phi) is 8.29. The van der Waals surface area contributed by atoms with E-state index in [1.165, 1.54) is 26.2 Å². The van der Waals surface area contributed by atoms with Crippen LogP contribution in [0.15, 0.2) is 41.3 Å². The number of aryl methyl sites for hydroxylation is 1. The van der Waals surface area contributed by atoms with Gasteiger partial charge >= 0.3 is 0 Å². The van der Waals surface area contributed by atoms with Crippen LogP contribution in [0.3, 0.4) is 0 Å². The van der Waals surface area contributed by atoms with Gasteiger partial charge in [0, 0.05) is 31.5 Å². The maximum atomic E-state index is 13.7. The van der Waals surface area contributed by atoms with Crippen molar-refractivity contribution in [2.24, 2.45) is 0 Å². The monoisotopic (exact) mass is 489 g/mol. The molecule has 0 saturated carbocycles. The van der Waals surface area contributed by atoms with E-state index >= 15 is 0 Å². The standard InChI is InChI=1S/C24H31N3O6S/c1-16-7-5-9-21(17(16)2)26-24(29)15-27(14-20-8-6-12-33-20)34(30,31)23-13-19(25-18(3)28)10-11-22(23)32-4/h5,7,9-11,13,20H,6,8,12,14-15H2,1-4H3,(H,25,28)(H,26,29). The molecule has 1 atom stereocenters. The van der Waals surface area contributed by atoms with Crippen LogP contribution in [0.4, 0.5) is 11.4 Å². The average molecular weight is 490 g/mol. The largest absolute Gasteiger partial charge is 0.495 e. The van der Waals surface area contributed by atoms with Gasteiger partial charge in [-0.3, -0.25) is 9.59 Å². The number of sulfonamides is 1. The summed E-state index contributed by atoms with van der Waals surface area (Å²) >= 11 is 0. The number of anilines is 2. The van der Waals surface area contributed by atoms with Gasteiger partial charge in [0.05, 0.1) is 19.8 Å². The van der Waals surface area contributed by atoms with Crippen molar-refractivity contribution in [3.8, 4) is 5.75 Å². The SMILES string of the molecule is COc1ccc(NC(C)=O)cc1S(=O)(=O)N(CC(=O)Nc1cccc(C)c1C)CC1CCCO1. The maximum Gasteiger partial charge on any atom is 0.247 e. The molecule has 0 aliphatic carbocycles. The summed E-state index contributed by atoms with van der Waals surface area (Å²) in [6.45, 7) is 5.34. The second-order valence-electron chi connectivity index (χ2n) is 8.28. The van der Waals surface area contributed by atoms with Gasteiger partial charge in [-0.15, -0.1) is 0 Å². The highest BCUT2D eigenvalue weighted by molar-refractivity contribution is 7.89. The molecule has 1 aliphatic rings. The lowest BCUT2D eigenvalue weighted by molar-refractivity contribution is -0.116. The molecule has 1 heterocycles. The number of nitrogens with one attached hydrogen (secondary N) is 2. The molecule has 2 N–H and O–H groups in total. The van der Waals surface area contributed by atoms with Crippen LogP contribution in [0.5, 0.6) is 5.75 Å². The van der Waals surface area contributed by atoms with Crippen molar-refractivity contribution in [2.45, 2.75) is 44.6 Å². The number of hydrogen-bond acceptors (Lipinski definition) is 6. The van der Waals surface area contributed by atoms with Crippen molar-refractivity contribution in [1.29, 1.82) is 0 Å². The summed E-state index contributed by atoms with van der Waals surface area (Å²) < 4.78 is 39.5. The van der Waals surface area contributed by atoms with Crippen molar-refractivity contribution < 1.29 is 27.5 Å². The molecule has 2 aromatic carbocycles. The number of nitrogens with zero attached hydrogens (tertiary/aromatic N) is 1. The minimum Gasteiger partial charge on any atom is -0.495 e. The minimum atomic E-state index is -4.18. The Bertz CT molecular complexity index is 1160. The van der Waals surface area contributed by atoms with Crippen LogP contribution >= 0.6 is 0 Å².